The number of carbonyl (C=O) groups is 1. The summed E-state index contributed by atoms with van der Waals surface area (Å²) in [5.41, 5.74) is 2.18. The number of nitrogens with zero attached hydrogens (tertiary/aromatic N) is 4. The zero-order valence-electron chi connectivity index (χ0n) is 14.4. The van der Waals surface area contributed by atoms with Gasteiger partial charge in [-0.1, -0.05) is 37.7 Å². The maximum atomic E-state index is 12.8. The average Bonchev–Trinajstić information content (AvgIpc) is 3.10. The minimum atomic E-state index is -0.450. The molecule has 0 unspecified atom stereocenters. The fraction of sp³-hybridized carbons (Fsp3) is 0.222. The summed E-state index contributed by atoms with van der Waals surface area (Å²) in [6.07, 6.45) is 2.67. The number of hydrogen-bond donors (Lipinski definition) is 1. The number of anilines is 1. The molecule has 134 valence electrons. The minimum Gasteiger partial charge on any atom is -0.310 e. The van der Waals surface area contributed by atoms with Gasteiger partial charge < -0.3 is 5.32 Å². The van der Waals surface area contributed by atoms with Crippen molar-refractivity contribution in [2.24, 2.45) is 0 Å². The minimum absolute atomic E-state index is 0.141. The van der Waals surface area contributed by atoms with Gasteiger partial charge in [0.25, 0.3) is 0 Å². The molecular weight excluding hydrogens is 353 g/mol. The average molecular weight is 371 g/mol. The Morgan fingerprint density at radius 1 is 1.23 bits per heavy atom. The van der Waals surface area contributed by atoms with Crippen molar-refractivity contribution in [3.63, 3.8) is 0 Å². The van der Waals surface area contributed by atoms with Crippen molar-refractivity contribution in [2.45, 2.75) is 24.9 Å². The molecule has 2 heterocycles. The summed E-state index contributed by atoms with van der Waals surface area (Å²) < 4.78 is 14.7. The van der Waals surface area contributed by atoms with Gasteiger partial charge in [0, 0.05) is 5.69 Å². The number of halogens is 1. The van der Waals surface area contributed by atoms with Crippen LogP contribution in [0.1, 0.15) is 25.3 Å². The lowest BCUT2D eigenvalue weighted by Crippen LogP contribution is -2.15. The Labute approximate surface area is 154 Å². The SMILES string of the molecule is CC(C)c1ccc(-n2cnnc2SCC(=O)Nc2ccc(F)cn2)cc1. The van der Waals surface area contributed by atoms with Gasteiger partial charge in [-0.15, -0.1) is 10.2 Å². The summed E-state index contributed by atoms with van der Waals surface area (Å²) in [6.45, 7) is 4.29. The van der Waals surface area contributed by atoms with E-state index >= 15 is 0 Å². The summed E-state index contributed by atoms with van der Waals surface area (Å²) in [5.74, 6) is 0.208. The van der Waals surface area contributed by atoms with Gasteiger partial charge >= 0.3 is 0 Å². The fourth-order valence-corrected chi connectivity index (χ4v) is 3.01. The van der Waals surface area contributed by atoms with Crippen LogP contribution in [0.2, 0.25) is 0 Å². The first-order valence-corrected chi connectivity index (χ1v) is 9.06. The quantitative estimate of drug-likeness (QED) is 0.670. The van der Waals surface area contributed by atoms with Gasteiger partial charge in [-0.05, 0) is 35.7 Å². The summed E-state index contributed by atoms with van der Waals surface area (Å²) in [4.78, 5) is 15.8. The van der Waals surface area contributed by atoms with Gasteiger partial charge in [0.1, 0.15) is 18.0 Å². The van der Waals surface area contributed by atoms with E-state index in [1.807, 2.05) is 16.7 Å². The first-order valence-electron chi connectivity index (χ1n) is 8.07. The molecule has 0 radical (unpaired) electrons. The predicted molar refractivity (Wildman–Crippen MR) is 99.0 cm³/mol. The van der Waals surface area contributed by atoms with Gasteiger partial charge in [-0.3, -0.25) is 9.36 Å². The van der Waals surface area contributed by atoms with Crippen LogP contribution in [0.3, 0.4) is 0 Å². The maximum absolute atomic E-state index is 12.8. The molecule has 8 heteroatoms. The number of benzene rings is 1. The van der Waals surface area contributed by atoms with Gasteiger partial charge in [0.2, 0.25) is 5.91 Å². The smallest absolute Gasteiger partial charge is 0.236 e. The summed E-state index contributed by atoms with van der Waals surface area (Å²) in [6, 6.07) is 10.8. The highest BCUT2D eigenvalue weighted by Crippen LogP contribution is 2.22. The lowest BCUT2D eigenvalue weighted by Gasteiger charge is -2.09. The third-order valence-electron chi connectivity index (χ3n) is 3.68. The van der Waals surface area contributed by atoms with Gasteiger partial charge in [0.15, 0.2) is 5.16 Å². The van der Waals surface area contributed by atoms with E-state index in [0.717, 1.165) is 11.9 Å². The fourth-order valence-electron chi connectivity index (χ4n) is 2.28. The van der Waals surface area contributed by atoms with Crippen molar-refractivity contribution >= 4 is 23.5 Å². The van der Waals surface area contributed by atoms with Crippen LogP contribution in [-0.2, 0) is 4.79 Å². The number of amides is 1. The lowest BCUT2D eigenvalue weighted by atomic mass is 10.0. The van der Waals surface area contributed by atoms with Crippen molar-refractivity contribution < 1.29 is 9.18 Å². The normalized spacial score (nSPS) is 10.9. The molecule has 0 atom stereocenters. The van der Waals surface area contributed by atoms with Crippen LogP contribution in [-0.4, -0.2) is 31.4 Å². The van der Waals surface area contributed by atoms with Gasteiger partial charge in [0.05, 0.1) is 11.9 Å². The molecule has 3 aromatic rings. The Hall–Kier alpha value is -2.74. The van der Waals surface area contributed by atoms with E-state index in [2.05, 4.69) is 46.5 Å². The lowest BCUT2D eigenvalue weighted by molar-refractivity contribution is -0.113. The van der Waals surface area contributed by atoms with Crippen LogP contribution in [0.4, 0.5) is 10.2 Å². The van der Waals surface area contributed by atoms with Crippen molar-refractivity contribution in [3.05, 3.63) is 60.3 Å². The molecule has 0 saturated carbocycles. The molecule has 1 N–H and O–H groups in total. The van der Waals surface area contributed by atoms with Crippen molar-refractivity contribution in [3.8, 4) is 5.69 Å². The second-order valence-electron chi connectivity index (χ2n) is 5.93. The van der Waals surface area contributed by atoms with E-state index in [4.69, 9.17) is 0 Å². The van der Waals surface area contributed by atoms with Crippen LogP contribution in [0, 0.1) is 5.82 Å². The van der Waals surface area contributed by atoms with Crippen molar-refractivity contribution in [1.29, 1.82) is 0 Å². The summed E-state index contributed by atoms with van der Waals surface area (Å²) >= 11 is 1.27. The van der Waals surface area contributed by atoms with E-state index in [1.165, 1.54) is 29.5 Å². The second kappa shape index (κ2) is 8.09. The number of pyridine rings is 1. The topological polar surface area (TPSA) is 72.7 Å². The number of nitrogens with one attached hydrogen (secondary N) is 1. The third kappa shape index (κ3) is 4.45. The largest absolute Gasteiger partial charge is 0.310 e. The predicted octanol–water partition coefficient (Wildman–Crippen LogP) is 3.66. The number of aromatic nitrogens is 4. The van der Waals surface area contributed by atoms with E-state index in [-0.39, 0.29) is 11.7 Å². The van der Waals surface area contributed by atoms with Crippen LogP contribution in [0.15, 0.2) is 54.1 Å². The molecule has 0 bridgehead atoms. The Bertz CT molecular complexity index is 877. The molecule has 1 amide bonds. The molecule has 2 aromatic heterocycles. The summed E-state index contributed by atoms with van der Waals surface area (Å²) in [7, 11) is 0. The number of carbonyl (C=O) groups excluding carboxylic acids is 1. The number of thioether (sulfide) groups is 1. The Morgan fingerprint density at radius 3 is 2.65 bits per heavy atom. The first kappa shape index (κ1) is 18.1. The van der Waals surface area contributed by atoms with Crippen molar-refractivity contribution in [2.75, 3.05) is 11.1 Å². The molecule has 0 spiro atoms. The molecule has 3 rings (SSSR count). The molecule has 0 saturated heterocycles. The third-order valence-corrected chi connectivity index (χ3v) is 4.62. The van der Waals surface area contributed by atoms with Gasteiger partial charge in [-0.25, -0.2) is 9.37 Å². The molecule has 6 nitrogen and oxygen atoms in total. The molecule has 0 aliphatic rings. The zero-order valence-corrected chi connectivity index (χ0v) is 15.2. The van der Waals surface area contributed by atoms with E-state index in [0.29, 0.717) is 16.9 Å². The summed E-state index contributed by atoms with van der Waals surface area (Å²) in [5, 5.41) is 11.2. The second-order valence-corrected chi connectivity index (χ2v) is 6.87. The Kier molecular flexibility index (Phi) is 5.62. The van der Waals surface area contributed by atoms with E-state index in [1.54, 1.807) is 6.33 Å². The molecule has 0 aliphatic carbocycles. The zero-order chi connectivity index (χ0) is 18.5. The molecule has 0 aliphatic heterocycles. The van der Waals surface area contributed by atoms with Gasteiger partial charge in [-0.2, -0.15) is 0 Å². The first-order chi connectivity index (χ1) is 12.5. The molecular formula is C18H18FN5OS. The van der Waals surface area contributed by atoms with Crippen LogP contribution < -0.4 is 5.32 Å². The van der Waals surface area contributed by atoms with Crippen LogP contribution in [0.5, 0.6) is 0 Å². The standard InChI is InChI=1S/C18H18FN5OS/c1-12(2)13-3-6-15(7-4-13)24-11-21-23-18(24)26-10-17(25)22-16-8-5-14(19)9-20-16/h3-9,11-12H,10H2,1-2H3,(H,20,22,25). The van der Waals surface area contributed by atoms with E-state index < -0.39 is 5.82 Å². The van der Waals surface area contributed by atoms with Crippen LogP contribution >= 0.6 is 11.8 Å². The van der Waals surface area contributed by atoms with E-state index in [9.17, 15) is 9.18 Å². The maximum Gasteiger partial charge on any atom is 0.236 e. The molecule has 0 fully saturated rings. The number of rotatable bonds is 6. The monoisotopic (exact) mass is 371 g/mol. The molecule has 26 heavy (non-hydrogen) atoms. The highest BCUT2D eigenvalue weighted by Gasteiger charge is 2.11. The Morgan fingerprint density at radius 2 is 2.00 bits per heavy atom. The highest BCUT2D eigenvalue weighted by atomic mass is 32.2. The van der Waals surface area contributed by atoms with Crippen molar-refractivity contribution in [1.82, 2.24) is 19.7 Å². The Balaban J connectivity index is 1.63. The molecule has 1 aromatic carbocycles. The van der Waals surface area contributed by atoms with Crippen LogP contribution in [0.25, 0.3) is 5.69 Å². The highest BCUT2D eigenvalue weighted by molar-refractivity contribution is 7.99. The number of hydrogen-bond acceptors (Lipinski definition) is 5.